The van der Waals surface area contributed by atoms with Crippen molar-refractivity contribution in [2.45, 2.75) is 24.2 Å². The number of carbonyl (C=O) groups excluding carboxylic acids is 1. The average Bonchev–Trinajstić information content (AvgIpc) is 2.48. The first-order chi connectivity index (χ1) is 4.83. The van der Waals surface area contributed by atoms with Gasteiger partial charge in [-0.2, -0.15) is 0 Å². The monoisotopic (exact) mass is 158 g/mol. The molecule has 2 fully saturated rings. The van der Waals surface area contributed by atoms with Crippen LogP contribution in [-0.2, 0) is 9.53 Å². The fourth-order valence-corrected chi connectivity index (χ4v) is 2.79. The number of hydrogen-bond donors (Lipinski definition) is 0. The van der Waals surface area contributed by atoms with Crippen molar-refractivity contribution < 1.29 is 9.53 Å². The first kappa shape index (κ1) is 6.68. The van der Waals surface area contributed by atoms with Crippen LogP contribution >= 0.6 is 11.8 Å². The molecule has 2 rings (SSSR count). The predicted octanol–water partition coefficient (Wildman–Crippen LogP) is 1.20. The summed E-state index contributed by atoms with van der Waals surface area (Å²) in [5.41, 5.74) is 0. The van der Waals surface area contributed by atoms with Crippen LogP contribution < -0.4 is 0 Å². The summed E-state index contributed by atoms with van der Waals surface area (Å²) in [4.78, 5) is 10.9. The van der Waals surface area contributed by atoms with Gasteiger partial charge in [-0.3, -0.25) is 4.79 Å². The molecule has 1 unspecified atom stereocenters. The second kappa shape index (κ2) is 2.24. The maximum absolute atomic E-state index is 11.3. The Morgan fingerprint density at radius 2 is 2.50 bits per heavy atom. The van der Waals surface area contributed by atoms with Crippen LogP contribution in [0.4, 0.5) is 0 Å². The Morgan fingerprint density at radius 3 is 3.00 bits per heavy atom. The van der Waals surface area contributed by atoms with E-state index >= 15 is 0 Å². The Balaban J connectivity index is 2.19. The highest BCUT2D eigenvalue weighted by Crippen LogP contribution is 2.43. The van der Waals surface area contributed by atoms with E-state index in [4.69, 9.17) is 4.74 Å². The first-order valence-corrected chi connectivity index (χ1v) is 4.63. The van der Waals surface area contributed by atoms with Crippen LogP contribution in [-0.4, -0.2) is 23.1 Å². The second-order valence-electron chi connectivity index (χ2n) is 2.73. The molecule has 0 aromatic rings. The van der Waals surface area contributed by atoms with Gasteiger partial charge in [-0.15, -0.1) is 11.8 Å². The zero-order valence-electron chi connectivity index (χ0n) is 5.76. The zero-order chi connectivity index (χ0) is 7.03. The summed E-state index contributed by atoms with van der Waals surface area (Å²) in [6.07, 6.45) is 2.69. The molecule has 1 saturated heterocycles. The van der Waals surface area contributed by atoms with Crippen LogP contribution in [0.5, 0.6) is 0 Å². The van der Waals surface area contributed by atoms with Crippen LogP contribution in [0.25, 0.3) is 0 Å². The van der Waals surface area contributed by atoms with Crippen molar-refractivity contribution in [2.75, 3.05) is 12.4 Å². The minimum absolute atomic E-state index is 0.315. The summed E-state index contributed by atoms with van der Waals surface area (Å²) < 4.78 is 5.43. The molecule has 10 heavy (non-hydrogen) atoms. The summed E-state index contributed by atoms with van der Waals surface area (Å²) in [7, 11) is 0. The molecule has 0 amide bonds. The Kier molecular flexibility index (Phi) is 1.49. The molecule has 1 aliphatic carbocycles. The number of thioether (sulfide) groups is 1. The van der Waals surface area contributed by atoms with E-state index in [0.29, 0.717) is 5.78 Å². The second-order valence-corrected chi connectivity index (χ2v) is 4.08. The molecule has 3 heteroatoms. The van der Waals surface area contributed by atoms with Crippen LogP contribution in [0.2, 0.25) is 0 Å². The highest BCUT2D eigenvalue weighted by atomic mass is 32.2. The van der Waals surface area contributed by atoms with Crippen LogP contribution in [0, 0.1) is 0 Å². The fraction of sp³-hybridized carbons (Fsp3) is 0.857. The smallest absolute Gasteiger partial charge is 0.174 e. The van der Waals surface area contributed by atoms with Crippen molar-refractivity contribution in [1.29, 1.82) is 0 Å². The van der Waals surface area contributed by atoms with Gasteiger partial charge in [0.2, 0.25) is 0 Å². The van der Waals surface area contributed by atoms with Crippen molar-refractivity contribution in [1.82, 2.24) is 0 Å². The third-order valence-electron chi connectivity index (χ3n) is 2.09. The molecule has 0 aromatic heterocycles. The molecule has 0 N–H and O–H groups in total. The molecule has 0 radical (unpaired) electrons. The Hall–Kier alpha value is -0.0200. The molecule has 0 aromatic carbocycles. The number of hydrogen-bond acceptors (Lipinski definition) is 3. The van der Waals surface area contributed by atoms with Gasteiger partial charge in [0, 0.05) is 12.2 Å². The van der Waals surface area contributed by atoms with E-state index in [-0.39, 0.29) is 4.93 Å². The number of ether oxygens (including phenoxy) is 1. The lowest BCUT2D eigenvalue weighted by Gasteiger charge is -2.17. The molecular weight excluding hydrogens is 148 g/mol. The van der Waals surface area contributed by atoms with Crippen molar-refractivity contribution >= 4 is 17.5 Å². The molecule has 1 heterocycles. The summed E-state index contributed by atoms with van der Waals surface area (Å²) in [6, 6.07) is 0. The molecule has 2 aliphatic rings. The normalized spacial score (nSPS) is 39.8. The molecule has 1 spiro atoms. The van der Waals surface area contributed by atoms with Crippen molar-refractivity contribution in [3.63, 3.8) is 0 Å². The van der Waals surface area contributed by atoms with Gasteiger partial charge >= 0.3 is 0 Å². The van der Waals surface area contributed by atoms with Gasteiger partial charge in [0.1, 0.15) is 0 Å². The average molecular weight is 158 g/mol. The summed E-state index contributed by atoms with van der Waals surface area (Å²) in [5.74, 6) is 1.31. The van der Waals surface area contributed by atoms with Gasteiger partial charge in [0.05, 0.1) is 6.61 Å². The van der Waals surface area contributed by atoms with Crippen LogP contribution in [0.15, 0.2) is 0 Å². The van der Waals surface area contributed by atoms with E-state index in [1.165, 1.54) is 0 Å². The number of ketones is 1. The van der Waals surface area contributed by atoms with Crippen LogP contribution in [0.1, 0.15) is 19.3 Å². The van der Waals surface area contributed by atoms with Crippen molar-refractivity contribution in [2.24, 2.45) is 0 Å². The Bertz CT molecular complexity index is 155. The number of carbonyl (C=O) groups is 1. The molecule has 1 aliphatic heterocycles. The standard InChI is InChI=1S/C7H10O2S/c8-6-2-1-3-7(6)9-4-5-10-7/h1-5H2. The SMILES string of the molecule is O=C1CCCC12OCCS2. The maximum atomic E-state index is 11.3. The van der Waals surface area contributed by atoms with Gasteiger partial charge in [-0.1, -0.05) is 0 Å². The van der Waals surface area contributed by atoms with Crippen LogP contribution in [0.3, 0.4) is 0 Å². The topological polar surface area (TPSA) is 26.3 Å². The Morgan fingerprint density at radius 1 is 1.60 bits per heavy atom. The van der Waals surface area contributed by atoms with E-state index < -0.39 is 0 Å². The van der Waals surface area contributed by atoms with E-state index in [1.807, 2.05) is 0 Å². The van der Waals surface area contributed by atoms with Gasteiger partial charge < -0.3 is 4.74 Å². The third kappa shape index (κ3) is 0.805. The predicted molar refractivity (Wildman–Crippen MR) is 40.0 cm³/mol. The minimum atomic E-state index is -0.375. The molecular formula is C7H10O2S. The first-order valence-electron chi connectivity index (χ1n) is 3.65. The lowest BCUT2D eigenvalue weighted by molar-refractivity contribution is -0.128. The summed E-state index contributed by atoms with van der Waals surface area (Å²) in [6.45, 7) is 0.760. The van der Waals surface area contributed by atoms with Gasteiger partial charge in [0.25, 0.3) is 0 Å². The summed E-state index contributed by atoms with van der Waals surface area (Å²) in [5, 5.41) is 0. The highest BCUT2D eigenvalue weighted by molar-refractivity contribution is 8.01. The number of Topliss-reactive ketones (excluding diaryl/α,β-unsaturated/α-hetero) is 1. The minimum Gasteiger partial charge on any atom is -0.356 e. The van der Waals surface area contributed by atoms with Gasteiger partial charge in [-0.05, 0) is 12.8 Å². The molecule has 0 bridgehead atoms. The van der Waals surface area contributed by atoms with Gasteiger partial charge in [0.15, 0.2) is 10.7 Å². The van der Waals surface area contributed by atoms with E-state index in [2.05, 4.69) is 0 Å². The quantitative estimate of drug-likeness (QED) is 0.530. The molecule has 56 valence electrons. The number of rotatable bonds is 0. The van der Waals surface area contributed by atoms with E-state index in [9.17, 15) is 4.79 Å². The molecule has 2 nitrogen and oxygen atoms in total. The van der Waals surface area contributed by atoms with Crippen molar-refractivity contribution in [3.8, 4) is 0 Å². The maximum Gasteiger partial charge on any atom is 0.174 e. The van der Waals surface area contributed by atoms with Crippen molar-refractivity contribution in [3.05, 3.63) is 0 Å². The summed E-state index contributed by atoms with van der Waals surface area (Å²) >= 11 is 1.69. The fourth-order valence-electron chi connectivity index (χ4n) is 1.57. The molecule has 1 atom stereocenters. The highest BCUT2D eigenvalue weighted by Gasteiger charge is 2.46. The van der Waals surface area contributed by atoms with E-state index in [0.717, 1.165) is 31.6 Å². The lowest BCUT2D eigenvalue weighted by Crippen LogP contribution is -2.28. The zero-order valence-corrected chi connectivity index (χ0v) is 6.58. The van der Waals surface area contributed by atoms with E-state index in [1.54, 1.807) is 11.8 Å². The third-order valence-corrected chi connectivity index (χ3v) is 3.48. The van der Waals surface area contributed by atoms with Gasteiger partial charge in [-0.25, -0.2) is 0 Å². The lowest BCUT2D eigenvalue weighted by atomic mass is 10.3. The largest absolute Gasteiger partial charge is 0.356 e. The Labute approximate surface area is 64.3 Å². The molecule has 1 saturated carbocycles.